The first-order chi connectivity index (χ1) is 14.6. The molecule has 0 saturated carbocycles. The highest BCUT2D eigenvalue weighted by Crippen LogP contribution is 2.16. The quantitative estimate of drug-likeness (QED) is 0.140. The molecule has 2 atom stereocenters. The third-order valence-electron chi connectivity index (χ3n) is 6.15. The molecule has 0 aromatic carbocycles. The van der Waals surface area contributed by atoms with Crippen LogP contribution in [0.3, 0.4) is 0 Å². The summed E-state index contributed by atoms with van der Waals surface area (Å²) in [7, 11) is 0. The molecule has 0 bridgehead atoms. The van der Waals surface area contributed by atoms with E-state index in [2.05, 4.69) is 6.92 Å². The van der Waals surface area contributed by atoms with Gasteiger partial charge in [0.15, 0.2) is 0 Å². The minimum atomic E-state index is -0.685. The molecule has 0 spiro atoms. The van der Waals surface area contributed by atoms with E-state index in [4.69, 9.17) is 5.11 Å². The van der Waals surface area contributed by atoms with Gasteiger partial charge in [-0.15, -0.1) is 0 Å². The first-order valence-corrected chi connectivity index (χ1v) is 13.1. The summed E-state index contributed by atoms with van der Waals surface area (Å²) < 4.78 is 0. The number of aliphatic hydroxyl groups excluding tert-OH is 2. The van der Waals surface area contributed by atoms with Gasteiger partial charge in [0.25, 0.3) is 0 Å². The van der Waals surface area contributed by atoms with Crippen LogP contribution in [0.1, 0.15) is 148 Å². The van der Waals surface area contributed by atoms with Crippen molar-refractivity contribution < 1.29 is 20.1 Å². The Morgan fingerprint density at radius 2 is 0.867 bits per heavy atom. The normalized spacial score (nSPS) is 13.4. The fourth-order valence-corrected chi connectivity index (χ4v) is 4.08. The van der Waals surface area contributed by atoms with Gasteiger partial charge < -0.3 is 15.3 Å². The van der Waals surface area contributed by atoms with Crippen molar-refractivity contribution in [3.63, 3.8) is 0 Å². The molecular weight excluding hydrogens is 376 g/mol. The van der Waals surface area contributed by atoms with Crippen molar-refractivity contribution in [3.05, 3.63) is 0 Å². The summed E-state index contributed by atoms with van der Waals surface area (Å²) in [6, 6.07) is 0. The van der Waals surface area contributed by atoms with Crippen LogP contribution >= 0.6 is 0 Å². The van der Waals surface area contributed by atoms with Gasteiger partial charge in [0.2, 0.25) is 0 Å². The summed E-state index contributed by atoms with van der Waals surface area (Å²) in [6.45, 7) is 2.25. The van der Waals surface area contributed by atoms with Gasteiger partial charge in [-0.05, 0) is 32.1 Å². The lowest BCUT2D eigenvalue weighted by Gasteiger charge is -2.14. The number of aliphatic hydroxyl groups is 2. The minimum Gasteiger partial charge on any atom is -0.481 e. The average Bonchev–Trinajstić information content (AvgIpc) is 2.72. The van der Waals surface area contributed by atoms with Gasteiger partial charge in [0.05, 0.1) is 12.2 Å². The van der Waals surface area contributed by atoms with Crippen LogP contribution in [0.4, 0.5) is 0 Å². The molecule has 0 aromatic heterocycles. The Balaban J connectivity index is 3.30. The number of hydrogen-bond donors (Lipinski definition) is 3. The largest absolute Gasteiger partial charge is 0.481 e. The molecule has 0 radical (unpaired) electrons. The highest BCUT2D eigenvalue weighted by Gasteiger charge is 2.09. The van der Waals surface area contributed by atoms with Crippen LogP contribution in [0.15, 0.2) is 0 Å². The molecule has 3 N–H and O–H groups in total. The minimum absolute atomic E-state index is 0.241. The molecule has 0 aliphatic carbocycles. The summed E-state index contributed by atoms with van der Waals surface area (Å²) in [5.74, 6) is -0.685. The van der Waals surface area contributed by atoms with Crippen molar-refractivity contribution in [1.29, 1.82) is 0 Å². The fourth-order valence-electron chi connectivity index (χ4n) is 4.08. The van der Waals surface area contributed by atoms with Crippen molar-refractivity contribution in [2.75, 3.05) is 0 Å². The molecule has 0 saturated heterocycles. The molecule has 4 nitrogen and oxygen atoms in total. The predicted molar refractivity (Wildman–Crippen MR) is 127 cm³/mol. The number of aliphatic carboxylic acids is 1. The van der Waals surface area contributed by atoms with Gasteiger partial charge in [-0.25, -0.2) is 0 Å². The summed E-state index contributed by atoms with van der Waals surface area (Å²) >= 11 is 0. The second-order valence-corrected chi connectivity index (χ2v) is 9.26. The van der Waals surface area contributed by atoms with E-state index in [1.807, 2.05) is 0 Å². The molecular formula is C26H52O4. The second-order valence-electron chi connectivity index (χ2n) is 9.26. The first kappa shape index (κ1) is 29.4. The highest BCUT2D eigenvalue weighted by molar-refractivity contribution is 5.66. The Kier molecular flexibility index (Phi) is 22.6. The number of hydrogen-bond acceptors (Lipinski definition) is 3. The standard InChI is InChI=1S/C26H52O4/c1-2-3-4-5-6-10-13-16-19-24(27)22-23-25(28)20-17-14-11-8-7-9-12-15-18-21-26(29)30/h24-25,27-28H,2-23H2,1H3,(H,29,30). The number of unbranched alkanes of at least 4 members (excludes halogenated alkanes) is 15. The predicted octanol–water partition coefficient (Wildman–Crippen LogP) is 7.39. The SMILES string of the molecule is CCCCCCCCCCC(O)CCC(O)CCCCCCCCCCCC(=O)O. The van der Waals surface area contributed by atoms with E-state index >= 15 is 0 Å². The van der Waals surface area contributed by atoms with E-state index in [0.717, 1.165) is 57.8 Å². The van der Waals surface area contributed by atoms with Crippen molar-refractivity contribution in [1.82, 2.24) is 0 Å². The van der Waals surface area contributed by atoms with Crippen molar-refractivity contribution in [2.45, 2.75) is 160 Å². The Morgan fingerprint density at radius 3 is 1.23 bits per heavy atom. The summed E-state index contributed by atoms with van der Waals surface area (Å²) in [6.07, 6.45) is 23.5. The van der Waals surface area contributed by atoms with Gasteiger partial charge in [0.1, 0.15) is 0 Å². The molecule has 180 valence electrons. The zero-order valence-electron chi connectivity index (χ0n) is 20.0. The second kappa shape index (κ2) is 23.1. The first-order valence-electron chi connectivity index (χ1n) is 13.1. The van der Waals surface area contributed by atoms with Crippen molar-refractivity contribution in [2.24, 2.45) is 0 Å². The van der Waals surface area contributed by atoms with Crippen LogP contribution in [0, 0.1) is 0 Å². The number of carboxylic acid groups (broad SMARTS) is 1. The summed E-state index contributed by atoms with van der Waals surface area (Å²) in [5.41, 5.74) is 0. The van der Waals surface area contributed by atoms with E-state index in [0.29, 0.717) is 6.42 Å². The van der Waals surface area contributed by atoms with E-state index in [-0.39, 0.29) is 12.2 Å². The summed E-state index contributed by atoms with van der Waals surface area (Å²) in [4.78, 5) is 10.4. The number of carbonyl (C=O) groups is 1. The van der Waals surface area contributed by atoms with Gasteiger partial charge in [0, 0.05) is 6.42 Å². The molecule has 30 heavy (non-hydrogen) atoms. The maximum atomic E-state index is 10.4. The lowest BCUT2D eigenvalue weighted by Crippen LogP contribution is -2.13. The molecule has 0 heterocycles. The fraction of sp³-hybridized carbons (Fsp3) is 0.962. The zero-order valence-corrected chi connectivity index (χ0v) is 20.0. The lowest BCUT2D eigenvalue weighted by atomic mass is 10.00. The van der Waals surface area contributed by atoms with Crippen LogP contribution in [-0.2, 0) is 4.79 Å². The Hall–Kier alpha value is -0.610. The van der Waals surface area contributed by atoms with Crippen LogP contribution in [0.2, 0.25) is 0 Å². The smallest absolute Gasteiger partial charge is 0.303 e. The summed E-state index contributed by atoms with van der Waals surface area (Å²) in [5, 5.41) is 28.8. The van der Waals surface area contributed by atoms with Crippen LogP contribution in [0.5, 0.6) is 0 Å². The van der Waals surface area contributed by atoms with Gasteiger partial charge >= 0.3 is 5.97 Å². The van der Waals surface area contributed by atoms with E-state index in [1.54, 1.807) is 0 Å². The molecule has 2 unspecified atom stereocenters. The Bertz CT molecular complexity index is 359. The number of carboxylic acids is 1. The molecule has 4 heteroatoms. The van der Waals surface area contributed by atoms with Crippen LogP contribution < -0.4 is 0 Å². The van der Waals surface area contributed by atoms with Crippen LogP contribution in [0.25, 0.3) is 0 Å². The molecule has 0 amide bonds. The Morgan fingerprint density at radius 1 is 0.533 bits per heavy atom. The van der Waals surface area contributed by atoms with Crippen molar-refractivity contribution >= 4 is 5.97 Å². The van der Waals surface area contributed by atoms with Crippen LogP contribution in [-0.4, -0.2) is 33.5 Å². The Labute approximate surface area is 186 Å². The van der Waals surface area contributed by atoms with Crippen molar-refractivity contribution in [3.8, 4) is 0 Å². The average molecular weight is 429 g/mol. The maximum absolute atomic E-state index is 10.4. The van der Waals surface area contributed by atoms with Gasteiger partial charge in [-0.3, -0.25) is 4.79 Å². The molecule has 0 fully saturated rings. The lowest BCUT2D eigenvalue weighted by molar-refractivity contribution is -0.137. The maximum Gasteiger partial charge on any atom is 0.303 e. The molecule has 0 aromatic rings. The topological polar surface area (TPSA) is 77.8 Å². The third kappa shape index (κ3) is 23.7. The number of rotatable bonds is 24. The molecule has 0 aliphatic heterocycles. The zero-order chi connectivity index (χ0) is 22.3. The van der Waals surface area contributed by atoms with Gasteiger partial charge in [-0.1, -0.05) is 110 Å². The third-order valence-corrected chi connectivity index (χ3v) is 6.15. The van der Waals surface area contributed by atoms with E-state index < -0.39 is 5.97 Å². The molecule has 0 rings (SSSR count). The molecule has 0 aliphatic rings. The monoisotopic (exact) mass is 428 g/mol. The van der Waals surface area contributed by atoms with Gasteiger partial charge in [-0.2, -0.15) is 0 Å². The van der Waals surface area contributed by atoms with E-state index in [1.165, 1.54) is 77.0 Å². The van der Waals surface area contributed by atoms with E-state index in [9.17, 15) is 15.0 Å². The highest BCUT2D eigenvalue weighted by atomic mass is 16.4.